The average molecular weight is 347 g/mol. The van der Waals surface area contributed by atoms with Crippen LogP contribution in [0.15, 0.2) is 73.1 Å². The molecule has 0 aliphatic carbocycles. The van der Waals surface area contributed by atoms with Gasteiger partial charge in [-0.1, -0.05) is 36.4 Å². The van der Waals surface area contributed by atoms with Crippen molar-refractivity contribution in [3.63, 3.8) is 0 Å². The lowest BCUT2D eigenvalue weighted by Crippen LogP contribution is -2.42. The molecule has 0 bridgehead atoms. The minimum Gasteiger partial charge on any atom is -0.454 e. The van der Waals surface area contributed by atoms with Crippen LogP contribution in [0.4, 0.5) is 0 Å². The first-order chi connectivity index (χ1) is 12.8. The fraction of sp³-hybridized carbons (Fsp3) is 0.143. The van der Waals surface area contributed by atoms with Crippen molar-refractivity contribution in [1.82, 2.24) is 5.32 Å². The molecular formula is C21H19N2O3+. The summed E-state index contributed by atoms with van der Waals surface area (Å²) in [5, 5.41) is 2.94. The van der Waals surface area contributed by atoms with E-state index in [9.17, 15) is 4.79 Å². The first-order valence-electron chi connectivity index (χ1n) is 8.48. The monoisotopic (exact) mass is 347 g/mol. The quantitative estimate of drug-likeness (QED) is 0.722. The van der Waals surface area contributed by atoms with Crippen molar-refractivity contribution in [3.8, 4) is 22.6 Å². The molecule has 1 N–H and O–H groups in total. The predicted molar refractivity (Wildman–Crippen MR) is 96.5 cm³/mol. The van der Waals surface area contributed by atoms with Crippen LogP contribution in [-0.2, 0) is 17.9 Å². The molecule has 5 heteroatoms. The summed E-state index contributed by atoms with van der Waals surface area (Å²) in [6.45, 7) is 0.971. The molecule has 1 aromatic heterocycles. The number of amides is 1. The number of fused-ring (bicyclic) bond motifs is 1. The smallest absolute Gasteiger partial charge is 0.286 e. The third-order valence-electron chi connectivity index (χ3n) is 4.22. The second-order valence-corrected chi connectivity index (χ2v) is 6.10. The Kier molecular flexibility index (Phi) is 4.51. The Bertz CT molecular complexity index is 926. The summed E-state index contributed by atoms with van der Waals surface area (Å²) in [5.74, 6) is 1.42. The minimum absolute atomic E-state index is 0.0436. The molecule has 3 aromatic rings. The van der Waals surface area contributed by atoms with Gasteiger partial charge in [0, 0.05) is 18.2 Å². The van der Waals surface area contributed by atoms with Crippen LogP contribution in [-0.4, -0.2) is 12.7 Å². The Morgan fingerprint density at radius 3 is 2.65 bits per heavy atom. The SMILES string of the molecule is O=C(C[n+]1cccc(-c2ccccc2)c1)NCc1ccc2c(c1)OCO2. The molecule has 2 heterocycles. The molecule has 0 atom stereocenters. The number of aromatic nitrogens is 1. The highest BCUT2D eigenvalue weighted by Gasteiger charge is 2.14. The van der Waals surface area contributed by atoms with Crippen molar-refractivity contribution in [1.29, 1.82) is 0 Å². The molecule has 0 radical (unpaired) electrons. The summed E-state index contributed by atoms with van der Waals surface area (Å²) in [6.07, 6.45) is 3.88. The molecule has 1 amide bonds. The van der Waals surface area contributed by atoms with E-state index in [4.69, 9.17) is 9.47 Å². The number of hydrogen-bond donors (Lipinski definition) is 1. The number of pyridine rings is 1. The molecule has 130 valence electrons. The Hall–Kier alpha value is -3.34. The van der Waals surface area contributed by atoms with Gasteiger partial charge in [-0.05, 0) is 29.3 Å². The van der Waals surface area contributed by atoms with Gasteiger partial charge in [-0.3, -0.25) is 4.79 Å². The van der Waals surface area contributed by atoms with Crippen LogP contribution in [0.5, 0.6) is 11.5 Å². The van der Waals surface area contributed by atoms with E-state index in [1.54, 1.807) is 0 Å². The van der Waals surface area contributed by atoms with E-state index in [-0.39, 0.29) is 19.2 Å². The summed E-state index contributed by atoms with van der Waals surface area (Å²) < 4.78 is 12.5. The van der Waals surface area contributed by atoms with Gasteiger partial charge in [0.25, 0.3) is 5.91 Å². The second kappa shape index (κ2) is 7.27. The van der Waals surface area contributed by atoms with Crippen molar-refractivity contribution < 1.29 is 18.8 Å². The van der Waals surface area contributed by atoms with E-state index in [2.05, 4.69) is 17.4 Å². The van der Waals surface area contributed by atoms with Gasteiger partial charge in [-0.2, -0.15) is 4.57 Å². The molecule has 2 aromatic carbocycles. The average Bonchev–Trinajstić information content (AvgIpc) is 3.15. The molecule has 4 rings (SSSR count). The van der Waals surface area contributed by atoms with Crippen LogP contribution in [0.1, 0.15) is 5.56 Å². The number of benzene rings is 2. The van der Waals surface area contributed by atoms with Gasteiger partial charge in [-0.15, -0.1) is 0 Å². The van der Waals surface area contributed by atoms with Crippen molar-refractivity contribution in [2.24, 2.45) is 0 Å². The van der Waals surface area contributed by atoms with Gasteiger partial charge in [-0.25, -0.2) is 0 Å². The summed E-state index contributed by atoms with van der Waals surface area (Å²) in [4.78, 5) is 12.3. The Morgan fingerprint density at radius 1 is 0.962 bits per heavy atom. The number of nitrogens with zero attached hydrogens (tertiary/aromatic N) is 1. The number of carbonyl (C=O) groups is 1. The Morgan fingerprint density at radius 2 is 1.77 bits per heavy atom. The minimum atomic E-state index is -0.0436. The van der Waals surface area contributed by atoms with Crippen LogP contribution < -0.4 is 19.4 Å². The van der Waals surface area contributed by atoms with Crippen molar-refractivity contribution in [3.05, 3.63) is 78.6 Å². The van der Waals surface area contributed by atoms with Crippen LogP contribution in [0, 0.1) is 0 Å². The molecule has 26 heavy (non-hydrogen) atoms. The third kappa shape index (κ3) is 3.67. The van der Waals surface area contributed by atoms with Gasteiger partial charge in [0.05, 0.1) is 0 Å². The normalized spacial score (nSPS) is 12.0. The molecule has 1 aliphatic rings. The zero-order valence-electron chi connectivity index (χ0n) is 14.2. The van der Waals surface area contributed by atoms with Crippen molar-refractivity contribution in [2.75, 3.05) is 6.79 Å². The van der Waals surface area contributed by atoms with E-state index in [1.807, 2.05) is 65.5 Å². The summed E-state index contributed by atoms with van der Waals surface area (Å²) in [6, 6.07) is 19.8. The number of hydrogen-bond acceptors (Lipinski definition) is 3. The first-order valence-corrected chi connectivity index (χ1v) is 8.48. The largest absolute Gasteiger partial charge is 0.454 e. The van der Waals surface area contributed by atoms with E-state index < -0.39 is 0 Å². The molecule has 0 unspecified atom stereocenters. The molecular weight excluding hydrogens is 328 g/mol. The Balaban J connectivity index is 1.38. The molecule has 0 saturated heterocycles. The fourth-order valence-corrected chi connectivity index (χ4v) is 2.89. The summed E-state index contributed by atoms with van der Waals surface area (Å²) in [5.41, 5.74) is 3.19. The van der Waals surface area contributed by atoms with E-state index in [1.165, 1.54) is 0 Å². The van der Waals surface area contributed by atoms with Gasteiger partial charge in [0.1, 0.15) is 0 Å². The molecule has 5 nitrogen and oxygen atoms in total. The number of nitrogens with one attached hydrogen (secondary N) is 1. The van der Waals surface area contributed by atoms with Crippen LogP contribution >= 0.6 is 0 Å². The number of ether oxygens (including phenoxy) is 2. The predicted octanol–water partition coefficient (Wildman–Crippen LogP) is 2.69. The molecule has 0 fully saturated rings. The van der Waals surface area contributed by atoms with Crippen LogP contribution in [0.25, 0.3) is 11.1 Å². The third-order valence-corrected chi connectivity index (χ3v) is 4.22. The molecule has 0 spiro atoms. The van der Waals surface area contributed by atoms with Gasteiger partial charge in [0.2, 0.25) is 13.3 Å². The lowest BCUT2D eigenvalue weighted by Gasteiger charge is -2.05. The lowest BCUT2D eigenvalue weighted by atomic mass is 10.1. The van der Waals surface area contributed by atoms with E-state index >= 15 is 0 Å². The zero-order valence-corrected chi connectivity index (χ0v) is 14.2. The summed E-state index contributed by atoms with van der Waals surface area (Å²) in [7, 11) is 0. The topological polar surface area (TPSA) is 51.4 Å². The van der Waals surface area contributed by atoms with E-state index in [0.717, 1.165) is 28.2 Å². The van der Waals surface area contributed by atoms with Gasteiger partial charge < -0.3 is 14.8 Å². The number of carbonyl (C=O) groups excluding carboxylic acids is 1. The van der Waals surface area contributed by atoms with Crippen LogP contribution in [0.2, 0.25) is 0 Å². The Labute approximate surface area is 151 Å². The standard InChI is InChI=1S/C21H18N2O3/c24-21(22-12-16-8-9-19-20(11-16)26-15-25-19)14-23-10-4-7-18(13-23)17-5-2-1-3-6-17/h1-11,13H,12,14-15H2/p+1. The highest BCUT2D eigenvalue weighted by molar-refractivity contribution is 5.74. The maximum Gasteiger partial charge on any atom is 0.286 e. The highest BCUT2D eigenvalue weighted by Crippen LogP contribution is 2.32. The highest BCUT2D eigenvalue weighted by atomic mass is 16.7. The molecule has 1 aliphatic heterocycles. The summed E-state index contributed by atoms with van der Waals surface area (Å²) >= 11 is 0. The number of rotatable bonds is 5. The fourth-order valence-electron chi connectivity index (χ4n) is 2.89. The van der Waals surface area contributed by atoms with Crippen molar-refractivity contribution >= 4 is 5.91 Å². The van der Waals surface area contributed by atoms with Crippen molar-refractivity contribution in [2.45, 2.75) is 13.1 Å². The first kappa shape index (κ1) is 16.1. The van der Waals surface area contributed by atoms with Gasteiger partial charge in [0.15, 0.2) is 23.9 Å². The maximum absolute atomic E-state index is 12.3. The zero-order chi connectivity index (χ0) is 17.8. The van der Waals surface area contributed by atoms with Gasteiger partial charge >= 0.3 is 0 Å². The second-order valence-electron chi connectivity index (χ2n) is 6.10. The van der Waals surface area contributed by atoms with E-state index in [0.29, 0.717) is 6.54 Å². The van der Waals surface area contributed by atoms with Crippen LogP contribution in [0.3, 0.4) is 0 Å². The lowest BCUT2D eigenvalue weighted by molar-refractivity contribution is -0.684. The molecule has 0 saturated carbocycles. The maximum atomic E-state index is 12.3.